The number of fused-ring (bicyclic) bond motifs is 2. The minimum atomic E-state index is -0.334. The number of carbonyl (C=O) groups excluding carboxylic acids is 1. The highest BCUT2D eigenvalue weighted by Crippen LogP contribution is 2.36. The van der Waals surface area contributed by atoms with Crippen LogP contribution in [0.3, 0.4) is 0 Å². The molecule has 9 nitrogen and oxygen atoms in total. The fourth-order valence-electron chi connectivity index (χ4n) is 7.40. The van der Waals surface area contributed by atoms with E-state index >= 15 is 0 Å². The van der Waals surface area contributed by atoms with Crippen molar-refractivity contribution in [1.29, 1.82) is 0 Å². The summed E-state index contributed by atoms with van der Waals surface area (Å²) in [6.07, 6.45) is 12.4. The van der Waals surface area contributed by atoms with E-state index in [4.69, 9.17) is 9.72 Å². The van der Waals surface area contributed by atoms with E-state index in [-0.39, 0.29) is 11.7 Å². The Morgan fingerprint density at radius 2 is 1.82 bits per heavy atom. The van der Waals surface area contributed by atoms with Crippen molar-refractivity contribution in [1.82, 2.24) is 30.0 Å². The fourth-order valence-corrected chi connectivity index (χ4v) is 7.40. The third-order valence-electron chi connectivity index (χ3n) is 9.90. The monoisotopic (exact) mass is 657 g/mol. The molecule has 2 fully saturated rings. The molecule has 10 heteroatoms. The zero-order chi connectivity index (χ0) is 33.2. The molecule has 2 aliphatic rings. The molecule has 0 spiro atoms. The third-order valence-corrected chi connectivity index (χ3v) is 9.90. The van der Waals surface area contributed by atoms with Gasteiger partial charge in [-0.05, 0) is 98.3 Å². The molecular weight excluding hydrogens is 617 g/mol. The lowest BCUT2D eigenvalue weighted by atomic mass is 9.87. The van der Waals surface area contributed by atoms with Gasteiger partial charge in [0.2, 0.25) is 5.91 Å². The van der Waals surface area contributed by atoms with Gasteiger partial charge in [0.25, 0.3) is 0 Å². The van der Waals surface area contributed by atoms with E-state index in [1.807, 2.05) is 48.5 Å². The van der Waals surface area contributed by atoms with Crippen molar-refractivity contribution in [3.8, 4) is 39.5 Å². The average molecular weight is 658 g/mol. The molecule has 4 aromatic heterocycles. The number of nitrogens with zero attached hydrogens (tertiary/aromatic N) is 4. The number of benzene rings is 2. The first-order valence-corrected chi connectivity index (χ1v) is 17.4. The molecule has 250 valence electrons. The van der Waals surface area contributed by atoms with Crippen LogP contribution in [0, 0.1) is 11.7 Å². The van der Waals surface area contributed by atoms with Crippen LogP contribution in [0.1, 0.15) is 51.4 Å². The van der Waals surface area contributed by atoms with E-state index in [1.54, 1.807) is 18.5 Å². The Labute approximate surface area is 284 Å². The van der Waals surface area contributed by atoms with Crippen LogP contribution >= 0.6 is 0 Å². The van der Waals surface area contributed by atoms with Crippen LogP contribution in [-0.4, -0.2) is 62.2 Å². The van der Waals surface area contributed by atoms with E-state index in [1.165, 1.54) is 38.2 Å². The van der Waals surface area contributed by atoms with Gasteiger partial charge in [0.05, 0.1) is 28.8 Å². The molecule has 1 aliphatic carbocycles. The summed E-state index contributed by atoms with van der Waals surface area (Å²) >= 11 is 0. The summed E-state index contributed by atoms with van der Waals surface area (Å²) in [5, 5.41) is 11.7. The number of carbonyl (C=O) groups is 1. The van der Waals surface area contributed by atoms with Crippen molar-refractivity contribution in [3.63, 3.8) is 0 Å². The maximum absolute atomic E-state index is 14.9. The quantitative estimate of drug-likeness (QED) is 0.137. The Morgan fingerprint density at radius 3 is 2.69 bits per heavy atom. The number of nitrogens with one attached hydrogen (secondary N) is 3. The van der Waals surface area contributed by atoms with Gasteiger partial charge in [0.1, 0.15) is 29.4 Å². The normalized spacial score (nSPS) is 15.7. The van der Waals surface area contributed by atoms with Crippen LogP contribution in [0.25, 0.3) is 55.7 Å². The molecule has 1 aliphatic heterocycles. The second-order valence-corrected chi connectivity index (χ2v) is 13.4. The van der Waals surface area contributed by atoms with Gasteiger partial charge in [0, 0.05) is 41.7 Å². The van der Waals surface area contributed by atoms with Gasteiger partial charge >= 0.3 is 0 Å². The largest absolute Gasteiger partial charge is 0.492 e. The Kier molecular flexibility index (Phi) is 8.78. The van der Waals surface area contributed by atoms with Crippen molar-refractivity contribution in [2.24, 2.45) is 5.92 Å². The molecule has 1 saturated heterocycles. The Balaban J connectivity index is 1.05. The molecule has 0 radical (unpaired) electrons. The summed E-state index contributed by atoms with van der Waals surface area (Å²) in [5.74, 6) is 0.686. The zero-order valence-electron chi connectivity index (χ0n) is 27.5. The zero-order valence-corrected chi connectivity index (χ0v) is 27.5. The summed E-state index contributed by atoms with van der Waals surface area (Å²) in [7, 11) is 0. The Morgan fingerprint density at radius 1 is 0.939 bits per heavy atom. The third kappa shape index (κ3) is 6.91. The number of aromatic amines is 2. The minimum Gasteiger partial charge on any atom is -0.492 e. The second-order valence-electron chi connectivity index (χ2n) is 13.4. The predicted molar refractivity (Wildman–Crippen MR) is 191 cm³/mol. The molecule has 3 N–H and O–H groups in total. The molecule has 49 heavy (non-hydrogen) atoms. The number of anilines is 1. The highest BCUT2D eigenvalue weighted by atomic mass is 19.1. The number of pyridine rings is 2. The summed E-state index contributed by atoms with van der Waals surface area (Å²) in [6, 6.07) is 18.7. The van der Waals surface area contributed by atoms with Crippen molar-refractivity contribution >= 4 is 33.5 Å². The molecule has 0 atom stereocenters. The van der Waals surface area contributed by atoms with Crippen molar-refractivity contribution in [2.75, 3.05) is 31.6 Å². The van der Waals surface area contributed by atoms with E-state index in [9.17, 15) is 9.18 Å². The molecule has 0 unspecified atom stereocenters. The average Bonchev–Trinajstić information content (AvgIpc) is 3.88. The minimum absolute atomic E-state index is 0.0315. The van der Waals surface area contributed by atoms with Crippen LogP contribution in [0.4, 0.5) is 10.1 Å². The molecule has 8 rings (SSSR count). The van der Waals surface area contributed by atoms with Gasteiger partial charge in [-0.15, -0.1) is 0 Å². The molecule has 1 saturated carbocycles. The second kappa shape index (κ2) is 13.8. The van der Waals surface area contributed by atoms with Crippen LogP contribution < -0.4 is 10.1 Å². The first-order valence-electron chi connectivity index (χ1n) is 17.4. The number of rotatable bonds is 10. The Hall–Kier alpha value is -5.09. The fraction of sp³-hybridized carbons (Fsp3) is 0.333. The number of likely N-dealkylation sites (tertiary alicyclic amines) is 1. The highest BCUT2D eigenvalue weighted by Gasteiger charge is 2.19. The van der Waals surface area contributed by atoms with Gasteiger partial charge in [-0.1, -0.05) is 31.4 Å². The van der Waals surface area contributed by atoms with Gasteiger partial charge in [-0.3, -0.25) is 19.8 Å². The van der Waals surface area contributed by atoms with E-state index < -0.39 is 0 Å². The van der Waals surface area contributed by atoms with Gasteiger partial charge < -0.3 is 15.0 Å². The number of H-pyrrole nitrogens is 2. The van der Waals surface area contributed by atoms with Gasteiger partial charge in [-0.25, -0.2) is 9.37 Å². The molecule has 0 bridgehead atoms. The maximum Gasteiger partial charge on any atom is 0.224 e. The number of hydrogen-bond donors (Lipinski definition) is 3. The smallest absolute Gasteiger partial charge is 0.224 e. The SMILES string of the molecule is O=C(CC1CCCCC1)Nc1cncc(-c2ccc3[nH]nc(-c4cc5c(-c6cc(F)cc(OCCN7CCCC7)c6)cccc5[nH]4)c3n2)c1. The summed E-state index contributed by atoms with van der Waals surface area (Å²) in [5.41, 5.74) is 7.69. The van der Waals surface area contributed by atoms with Crippen LogP contribution in [-0.2, 0) is 4.79 Å². The lowest BCUT2D eigenvalue weighted by Gasteiger charge is -2.20. The first kappa shape index (κ1) is 31.2. The van der Waals surface area contributed by atoms with E-state index in [0.29, 0.717) is 41.6 Å². The lowest BCUT2D eigenvalue weighted by Crippen LogP contribution is -2.25. The number of ether oxygens (including phenoxy) is 1. The number of halogens is 1. The van der Waals surface area contributed by atoms with Crippen molar-refractivity contribution in [3.05, 3.63) is 78.9 Å². The summed E-state index contributed by atoms with van der Waals surface area (Å²) in [6.45, 7) is 3.57. The number of amides is 1. The number of aromatic nitrogens is 5. The number of hydrogen-bond acceptors (Lipinski definition) is 6. The van der Waals surface area contributed by atoms with Crippen LogP contribution in [0.5, 0.6) is 5.75 Å². The van der Waals surface area contributed by atoms with Gasteiger partial charge in [0.15, 0.2) is 0 Å². The lowest BCUT2D eigenvalue weighted by molar-refractivity contribution is -0.117. The summed E-state index contributed by atoms with van der Waals surface area (Å²) < 4.78 is 20.9. The highest BCUT2D eigenvalue weighted by molar-refractivity contribution is 6.00. The molecular formula is C39H40FN7O2. The van der Waals surface area contributed by atoms with Gasteiger partial charge in [-0.2, -0.15) is 5.10 Å². The maximum atomic E-state index is 14.9. The summed E-state index contributed by atoms with van der Waals surface area (Å²) in [4.78, 5) is 28.1. The standard InChI is InChI=1S/C39H40FN7O2/c40-28-18-26(20-30(21-28)49-16-15-47-13-4-5-14-47)31-9-6-10-34-32(31)22-36(43-34)39-38-35(45-46-39)12-11-33(44-38)27-19-29(24-41-23-27)42-37(48)17-25-7-2-1-3-8-25/h6,9-12,18-25,43H,1-5,7-8,13-17H2,(H,42,48)(H,45,46). The topological polar surface area (TPSA) is 112 Å². The van der Waals surface area contributed by atoms with E-state index in [2.05, 4.69) is 30.4 Å². The predicted octanol–water partition coefficient (Wildman–Crippen LogP) is 8.36. The first-order chi connectivity index (χ1) is 24.1. The molecule has 2 aromatic carbocycles. The molecule has 6 aromatic rings. The van der Waals surface area contributed by atoms with Crippen molar-refractivity contribution in [2.45, 2.75) is 51.4 Å². The van der Waals surface area contributed by atoms with Crippen LogP contribution in [0.15, 0.2) is 73.1 Å². The van der Waals surface area contributed by atoms with Crippen molar-refractivity contribution < 1.29 is 13.9 Å². The molecule has 1 amide bonds. The van der Waals surface area contributed by atoms with Crippen LogP contribution in [0.2, 0.25) is 0 Å². The van der Waals surface area contributed by atoms with E-state index in [0.717, 1.165) is 77.0 Å². The Bertz CT molecular complexity index is 2110. The molecule has 5 heterocycles.